The maximum absolute atomic E-state index is 12.6. The van der Waals surface area contributed by atoms with Gasteiger partial charge in [-0.05, 0) is 25.0 Å². The van der Waals surface area contributed by atoms with Crippen molar-refractivity contribution in [3.8, 4) is 0 Å². The molecule has 132 valence electrons. The minimum Gasteiger partial charge on any atom is -0.481 e. The highest BCUT2D eigenvalue weighted by Gasteiger charge is 2.32. The van der Waals surface area contributed by atoms with Crippen LogP contribution in [0, 0.1) is 5.92 Å². The number of nitrogens with one attached hydrogen (secondary N) is 1. The number of carbonyl (C=O) groups excluding carboxylic acids is 1. The zero-order valence-corrected chi connectivity index (χ0v) is 12.8. The second-order valence-electron chi connectivity index (χ2n) is 5.59. The van der Waals surface area contributed by atoms with Gasteiger partial charge in [-0.1, -0.05) is 6.07 Å². The Balaban J connectivity index is 1.78. The SMILES string of the molecule is O=C(O)C1CCN(C(=O)NCCc2cccc(C(F)(F)F)n2)CC1. The van der Waals surface area contributed by atoms with Crippen LogP contribution in [0.3, 0.4) is 0 Å². The van der Waals surface area contributed by atoms with Gasteiger partial charge in [-0.2, -0.15) is 13.2 Å². The van der Waals surface area contributed by atoms with Crippen molar-refractivity contribution in [2.24, 2.45) is 5.92 Å². The molecule has 0 atom stereocenters. The van der Waals surface area contributed by atoms with Gasteiger partial charge in [0.2, 0.25) is 0 Å². The van der Waals surface area contributed by atoms with Crippen LogP contribution < -0.4 is 5.32 Å². The van der Waals surface area contributed by atoms with E-state index in [1.807, 2.05) is 0 Å². The standard InChI is InChI=1S/C15H18F3N3O3/c16-15(17,18)12-3-1-2-11(20-12)4-7-19-14(24)21-8-5-10(6-9-21)13(22)23/h1-3,10H,4-9H2,(H,19,24)(H,22,23). The number of aromatic nitrogens is 1. The quantitative estimate of drug-likeness (QED) is 0.876. The van der Waals surface area contributed by atoms with Crippen LogP contribution in [0.2, 0.25) is 0 Å². The Morgan fingerprint density at radius 1 is 1.29 bits per heavy atom. The summed E-state index contributed by atoms with van der Waals surface area (Å²) in [5.74, 6) is -1.28. The van der Waals surface area contributed by atoms with Crippen LogP contribution in [-0.4, -0.2) is 46.6 Å². The fraction of sp³-hybridized carbons (Fsp3) is 0.533. The van der Waals surface area contributed by atoms with Gasteiger partial charge in [-0.15, -0.1) is 0 Å². The van der Waals surface area contributed by atoms with E-state index in [0.29, 0.717) is 25.9 Å². The van der Waals surface area contributed by atoms with E-state index in [-0.39, 0.29) is 24.7 Å². The van der Waals surface area contributed by atoms with Crippen LogP contribution in [0.4, 0.5) is 18.0 Å². The first-order valence-corrected chi connectivity index (χ1v) is 7.56. The summed E-state index contributed by atoms with van der Waals surface area (Å²) in [4.78, 5) is 27.9. The molecule has 0 aliphatic carbocycles. The predicted octanol–water partition coefficient (Wildman–Crippen LogP) is 2.15. The molecule has 1 aliphatic rings. The summed E-state index contributed by atoms with van der Waals surface area (Å²) < 4.78 is 37.7. The zero-order chi connectivity index (χ0) is 17.7. The molecule has 0 radical (unpaired) electrons. The number of rotatable bonds is 4. The molecule has 0 spiro atoms. The molecule has 1 saturated heterocycles. The summed E-state index contributed by atoms with van der Waals surface area (Å²) in [7, 11) is 0. The number of piperidine rings is 1. The van der Waals surface area contributed by atoms with Gasteiger partial charge in [0.15, 0.2) is 0 Å². The number of likely N-dealkylation sites (tertiary alicyclic amines) is 1. The first-order valence-electron chi connectivity index (χ1n) is 7.56. The van der Waals surface area contributed by atoms with Crippen LogP contribution in [0.25, 0.3) is 0 Å². The lowest BCUT2D eigenvalue weighted by Crippen LogP contribution is -2.45. The highest BCUT2D eigenvalue weighted by atomic mass is 19.4. The number of hydrogen-bond donors (Lipinski definition) is 2. The minimum atomic E-state index is -4.49. The normalized spacial score (nSPS) is 16.0. The summed E-state index contributed by atoms with van der Waals surface area (Å²) in [5, 5.41) is 11.5. The van der Waals surface area contributed by atoms with Crippen LogP contribution in [-0.2, 0) is 17.4 Å². The van der Waals surface area contributed by atoms with Crippen molar-refractivity contribution in [3.63, 3.8) is 0 Å². The van der Waals surface area contributed by atoms with E-state index in [1.165, 1.54) is 17.0 Å². The van der Waals surface area contributed by atoms with E-state index in [2.05, 4.69) is 10.3 Å². The van der Waals surface area contributed by atoms with Crippen molar-refractivity contribution >= 4 is 12.0 Å². The molecule has 1 aliphatic heterocycles. The van der Waals surface area contributed by atoms with Gasteiger partial charge in [0, 0.05) is 31.7 Å². The fourth-order valence-corrected chi connectivity index (χ4v) is 2.52. The minimum absolute atomic E-state index is 0.159. The summed E-state index contributed by atoms with van der Waals surface area (Å²) in [6.45, 7) is 0.862. The summed E-state index contributed by atoms with van der Waals surface area (Å²) in [6, 6.07) is 3.31. The molecular weight excluding hydrogens is 327 g/mol. The van der Waals surface area contributed by atoms with Crippen LogP contribution in [0.1, 0.15) is 24.2 Å². The number of pyridine rings is 1. The summed E-state index contributed by atoms with van der Waals surface area (Å²) in [6.07, 6.45) is -3.51. The van der Waals surface area contributed by atoms with Crippen molar-refractivity contribution in [2.75, 3.05) is 19.6 Å². The zero-order valence-electron chi connectivity index (χ0n) is 12.8. The van der Waals surface area contributed by atoms with E-state index in [0.717, 1.165) is 6.07 Å². The second-order valence-corrected chi connectivity index (χ2v) is 5.59. The third-order valence-corrected chi connectivity index (χ3v) is 3.89. The molecule has 2 amide bonds. The number of amides is 2. The van der Waals surface area contributed by atoms with Gasteiger partial charge in [0.1, 0.15) is 5.69 Å². The van der Waals surface area contributed by atoms with Crippen molar-refractivity contribution in [2.45, 2.75) is 25.4 Å². The Kier molecular flexibility index (Phi) is 5.63. The Labute approximate surface area is 136 Å². The molecule has 9 heteroatoms. The van der Waals surface area contributed by atoms with Gasteiger partial charge in [-0.25, -0.2) is 9.78 Å². The number of carboxylic acids is 1. The number of carbonyl (C=O) groups is 2. The molecular formula is C15H18F3N3O3. The number of nitrogens with zero attached hydrogens (tertiary/aromatic N) is 2. The Morgan fingerprint density at radius 3 is 2.54 bits per heavy atom. The molecule has 0 saturated carbocycles. The van der Waals surface area contributed by atoms with Gasteiger partial charge in [0.25, 0.3) is 0 Å². The summed E-state index contributed by atoms with van der Waals surface area (Å²) in [5.41, 5.74) is -0.711. The molecule has 0 aromatic carbocycles. The van der Waals surface area contributed by atoms with Crippen LogP contribution in [0.15, 0.2) is 18.2 Å². The lowest BCUT2D eigenvalue weighted by atomic mass is 9.97. The van der Waals surface area contributed by atoms with E-state index >= 15 is 0 Å². The van der Waals surface area contributed by atoms with Gasteiger partial charge >= 0.3 is 18.2 Å². The molecule has 1 fully saturated rings. The number of carboxylic acid groups (broad SMARTS) is 1. The van der Waals surface area contributed by atoms with Crippen molar-refractivity contribution in [1.29, 1.82) is 0 Å². The lowest BCUT2D eigenvalue weighted by molar-refractivity contribution is -0.143. The van der Waals surface area contributed by atoms with Crippen LogP contribution in [0.5, 0.6) is 0 Å². The molecule has 1 aromatic rings. The van der Waals surface area contributed by atoms with Crippen molar-refractivity contribution < 1.29 is 27.9 Å². The third-order valence-electron chi connectivity index (χ3n) is 3.89. The topological polar surface area (TPSA) is 82.5 Å². The van der Waals surface area contributed by atoms with E-state index < -0.39 is 23.8 Å². The first kappa shape index (κ1) is 18.0. The number of halogens is 3. The largest absolute Gasteiger partial charge is 0.481 e. The molecule has 2 N–H and O–H groups in total. The maximum atomic E-state index is 12.6. The monoisotopic (exact) mass is 345 g/mol. The average Bonchev–Trinajstić information content (AvgIpc) is 2.54. The molecule has 2 rings (SSSR count). The number of aliphatic carboxylic acids is 1. The number of hydrogen-bond acceptors (Lipinski definition) is 3. The highest BCUT2D eigenvalue weighted by molar-refractivity contribution is 5.75. The van der Waals surface area contributed by atoms with Gasteiger partial charge < -0.3 is 15.3 Å². The first-order chi connectivity index (χ1) is 11.3. The molecule has 6 nitrogen and oxygen atoms in total. The second kappa shape index (κ2) is 7.50. The molecule has 1 aromatic heterocycles. The Bertz CT molecular complexity index is 599. The van der Waals surface area contributed by atoms with Crippen molar-refractivity contribution in [1.82, 2.24) is 15.2 Å². The van der Waals surface area contributed by atoms with Crippen LogP contribution >= 0.6 is 0 Å². The van der Waals surface area contributed by atoms with E-state index in [4.69, 9.17) is 5.11 Å². The van der Waals surface area contributed by atoms with E-state index in [9.17, 15) is 22.8 Å². The average molecular weight is 345 g/mol. The smallest absolute Gasteiger partial charge is 0.433 e. The molecule has 0 bridgehead atoms. The molecule has 0 unspecified atom stereocenters. The number of urea groups is 1. The molecule has 24 heavy (non-hydrogen) atoms. The third kappa shape index (κ3) is 4.84. The maximum Gasteiger partial charge on any atom is 0.433 e. The Morgan fingerprint density at radius 2 is 1.96 bits per heavy atom. The van der Waals surface area contributed by atoms with Gasteiger partial charge in [-0.3, -0.25) is 4.79 Å². The molecule has 2 heterocycles. The number of alkyl halides is 3. The highest BCUT2D eigenvalue weighted by Crippen LogP contribution is 2.27. The van der Waals surface area contributed by atoms with Gasteiger partial charge in [0.05, 0.1) is 5.92 Å². The predicted molar refractivity (Wildman–Crippen MR) is 78.3 cm³/mol. The Hall–Kier alpha value is -2.32. The van der Waals surface area contributed by atoms with E-state index in [1.54, 1.807) is 0 Å². The van der Waals surface area contributed by atoms with Crippen molar-refractivity contribution in [3.05, 3.63) is 29.6 Å². The summed E-state index contributed by atoms with van der Waals surface area (Å²) >= 11 is 0. The fourth-order valence-electron chi connectivity index (χ4n) is 2.52. The lowest BCUT2D eigenvalue weighted by Gasteiger charge is -2.30.